The Balaban J connectivity index is 0.00000200. The Kier molecular flexibility index (Phi) is 7.82. The maximum atomic E-state index is 13.6. The second-order valence-electron chi connectivity index (χ2n) is 5.15. The number of benzene rings is 1. The van der Waals surface area contributed by atoms with E-state index in [-0.39, 0.29) is 24.3 Å². The van der Waals surface area contributed by atoms with Crippen LogP contribution in [0.4, 0.5) is 4.39 Å². The third kappa shape index (κ3) is 4.88. The van der Waals surface area contributed by atoms with Gasteiger partial charge in [0.15, 0.2) is 0 Å². The number of hydrogen-bond donors (Lipinski definition) is 1. The van der Waals surface area contributed by atoms with E-state index in [1.807, 2.05) is 6.07 Å². The summed E-state index contributed by atoms with van der Waals surface area (Å²) < 4.78 is 13.6. The smallest absolute Gasteiger partial charge is 0.125 e. The molecule has 2 nitrogen and oxygen atoms in total. The van der Waals surface area contributed by atoms with Crippen LogP contribution in [0.1, 0.15) is 37.8 Å². The highest BCUT2D eigenvalue weighted by molar-refractivity contribution is 6.30. The zero-order valence-electron chi connectivity index (χ0n) is 11.9. The highest BCUT2D eigenvalue weighted by atomic mass is 35.5. The number of halogens is 3. The van der Waals surface area contributed by atoms with Crippen molar-refractivity contribution in [1.29, 1.82) is 0 Å². The predicted octanol–water partition coefficient (Wildman–Crippen LogP) is 4.04. The number of unbranched alkanes of at least 4 members (excludes halogenated alkanes) is 1. The summed E-state index contributed by atoms with van der Waals surface area (Å²) in [5, 5.41) is 3.85. The Bertz CT molecular complexity index is 389. The van der Waals surface area contributed by atoms with Crippen molar-refractivity contribution in [3.8, 4) is 0 Å². The molecule has 0 spiro atoms. The van der Waals surface area contributed by atoms with Crippen LogP contribution in [0.5, 0.6) is 0 Å². The maximum Gasteiger partial charge on any atom is 0.125 e. The molecule has 1 saturated heterocycles. The highest BCUT2D eigenvalue weighted by Gasteiger charge is 2.22. The number of nitrogens with zero attached hydrogens (tertiary/aromatic N) is 1. The van der Waals surface area contributed by atoms with Gasteiger partial charge in [0.05, 0.1) is 0 Å². The molecular formula is C15H23Cl2FN2. The molecule has 1 aliphatic rings. The first kappa shape index (κ1) is 17.7. The molecule has 1 fully saturated rings. The van der Waals surface area contributed by atoms with E-state index < -0.39 is 0 Å². The second-order valence-corrected chi connectivity index (χ2v) is 5.58. The van der Waals surface area contributed by atoms with Gasteiger partial charge in [-0.2, -0.15) is 0 Å². The van der Waals surface area contributed by atoms with Crippen molar-refractivity contribution in [2.45, 2.75) is 32.2 Å². The fourth-order valence-corrected chi connectivity index (χ4v) is 2.95. The first-order valence-corrected chi connectivity index (χ1v) is 7.49. The average Bonchev–Trinajstić information content (AvgIpc) is 2.39. The zero-order valence-corrected chi connectivity index (χ0v) is 13.4. The minimum atomic E-state index is -0.237. The molecule has 1 atom stereocenters. The molecule has 114 valence electrons. The average molecular weight is 321 g/mol. The Morgan fingerprint density at radius 3 is 2.60 bits per heavy atom. The molecule has 5 heteroatoms. The number of hydrogen-bond acceptors (Lipinski definition) is 2. The normalized spacial score (nSPS) is 17.6. The zero-order chi connectivity index (χ0) is 13.7. The van der Waals surface area contributed by atoms with Crippen LogP contribution >= 0.6 is 24.0 Å². The van der Waals surface area contributed by atoms with E-state index in [1.54, 1.807) is 6.07 Å². The molecule has 0 radical (unpaired) electrons. The van der Waals surface area contributed by atoms with E-state index in [0.717, 1.165) is 51.0 Å². The molecule has 1 N–H and O–H groups in total. The summed E-state index contributed by atoms with van der Waals surface area (Å²) in [5.74, 6) is -0.237. The summed E-state index contributed by atoms with van der Waals surface area (Å²) in [7, 11) is 0. The first-order valence-electron chi connectivity index (χ1n) is 7.11. The number of piperazine rings is 1. The molecule has 0 amide bonds. The van der Waals surface area contributed by atoms with Crippen LogP contribution in [0.25, 0.3) is 0 Å². The van der Waals surface area contributed by atoms with E-state index in [4.69, 9.17) is 11.6 Å². The van der Waals surface area contributed by atoms with Gasteiger partial charge in [0.25, 0.3) is 0 Å². The van der Waals surface area contributed by atoms with E-state index in [0.29, 0.717) is 5.02 Å². The molecule has 0 unspecified atom stereocenters. The van der Waals surface area contributed by atoms with Crippen LogP contribution < -0.4 is 5.32 Å². The van der Waals surface area contributed by atoms with Crippen LogP contribution in [0, 0.1) is 5.82 Å². The third-order valence-electron chi connectivity index (χ3n) is 3.69. The molecule has 1 aromatic carbocycles. The molecule has 1 heterocycles. The van der Waals surface area contributed by atoms with Crippen LogP contribution in [0.3, 0.4) is 0 Å². The lowest BCUT2D eigenvalue weighted by Gasteiger charge is -2.35. The van der Waals surface area contributed by atoms with Crippen molar-refractivity contribution in [1.82, 2.24) is 10.2 Å². The first-order chi connectivity index (χ1) is 9.20. The van der Waals surface area contributed by atoms with E-state index in [9.17, 15) is 4.39 Å². The lowest BCUT2D eigenvalue weighted by Crippen LogP contribution is -2.45. The van der Waals surface area contributed by atoms with Gasteiger partial charge in [-0.05, 0) is 30.2 Å². The van der Waals surface area contributed by atoms with E-state index in [2.05, 4.69) is 17.1 Å². The summed E-state index contributed by atoms with van der Waals surface area (Å²) >= 11 is 6.00. The summed E-state index contributed by atoms with van der Waals surface area (Å²) in [5.41, 5.74) is 1.01. The lowest BCUT2D eigenvalue weighted by atomic mass is 9.98. The molecule has 1 aromatic rings. The summed E-state index contributed by atoms with van der Waals surface area (Å²) in [6.07, 6.45) is 3.38. The monoisotopic (exact) mass is 320 g/mol. The summed E-state index contributed by atoms with van der Waals surface area (Å²) in [6.45, 7) is 6.23. The molecule has 0 aliphatic carbocycles. The van der Waals surface area contributed by atoms with E-state index in [1.165, 1.54) is 6.07 Å². The van der Waals surface area contributed by atoms with Crippen LogP contribution in [-0.4, -0.2) is 31.1 Å². The van der Waals surface area contributed by atoms with Crippen LogP contribution in [-0.2, 0) is 0 Å². The van der Waals surface area contributed by atoms with Gasteiger partial charge in [-0.3, -0.25) is 4.90 Å². The quantitative estimate of drug-likeness (QED) is 0.880. The van der Waals surface area contributed by atoms with Gasteiger partial charge in [-0.1, -0.05) is 31.4 Å². The maximum absolute atomic E-state index is 13.6. The van der Waals surface area contributed by atoms with Gasteiger partial charge < -0.3 is 5.32 Å². The van der Waals surface area contributed by atoms with Gasteiger partial charge >= 0.3 is 0 Å². The lowest BCUT2D eigenvalue weighted by molar-refractivity contribution is 0.163. The van der Waals surface area contributed by atoms with Crippen LogP contribution in [0.15, 0.2) is 18.2 Å². The van der Waals surface area contributed by atoms with Gasteiger partial charge in [-0.15, -0.1) is 12.4 Å². The summed E-state index contributed by atoms with van der Waals surface area (Å²) in [6, 6.07) is 5.20. The molecule has 0 saturated carbocycles. The minimum Gasteiger partial charge on any atom is -0.314 e. The molecule has 1 aliphatic heterocycles. The third-order valence-corrected chi connectivity index (χ3v) is 3.91. The number of rotatable bonds is 5. The Labute approximate surface area is 132 Å². The fraction of sp³-hybridized carbons (Fsp3) is 0.600. The molecule has 0 bridgehead atoms. The fourth-order valence-electron chi connectivity index (χ4n) is 2.72. The van der Waals surface area contributed by atoms with Crippen molar-refractivity contribution in [2.75, 3.05) is 26.2 Å². The van der Waals surface area contributed by atoms with Crippen molar-refractivity contribution >= 4 is 24.0 Å². The standard InChI is InChI=1S/C15H22ClFN2.ClH/c1-2-3-4-15(19-7-5-18-6-8-19)12-9-13(16)11-14(17)10-12;/h9-11,15,18H,2-8H2,1H3;1H/t15-;/m0./s1. The minimum absolute atomic E-state index is 0. The van der Waals surface area contributed by atoms with Crippen molar-refractivity contribution < 1.29 is 4.39 Å². The molecule has 20 heavy (non-hydrogen) atoms. The number of nitrogens with one attached hydrogen (secondary N) is 1. The van der Waals surface area contributed by atoms with Crippen molar-refractivity contribution in [3.63, 3.8) is 0 Å². The van der Waals surface area contributed by atoms with E-state index >= 15 is 0 Å². The molecule has 0 aromatic heterocycles. The topological polar surface area (TPSA) is 15.3 Å². The van der Waals surface area contributed by atoms with Gasteiger partial charge in [-0.25, -0.2) is 4.39 Å². The SMILES string of the molecule is CCCC[C@@H](c1cc(F)cc(Cl)c1)N1CCNCC1.Cl. The second kappa shape index (κ2) is 8.83. The predicted molar refractivity (Wildman–Crippen MR) is 85.4 cm³/mol. The largest absolute Gasteiger partial charge is 0.314 e. The van der Waals surface area contributed by atoms with Crippen molar-refractivity contribution in [3.05, 3.63) is 34.6 Å². The molecule has 2 rings (SSSR count). The van der Waals surface area contributed by atoms with Crippen LogP contribution in [0.2, 0.25) is 5.02 Å². The van der Waals surface area contributed by atoms with Gasteiger partial charge in [0, 0.05) is 37.2 Å². The molecular weight excluding hydrogens is 298 g/mol. The van der Waals surface area contributed by atoms with Crippen molar-refractivity contribution in [2.24, 2.45) is 0 Å². The van der Waals surface area contributed by atoms with Gasteiger partial charge in [0.1, 0.15) is 5.82 Å². The Morgan fingerprint density at radius 2 is 2.00 bits per heavy atom. The Morgan fingerprint density at radius 1 is 1.30 bits per heavy atom. The van der Waals surface area contributed by atoms with Gasteiger partial charge in [0.2, 0.25) is 0 Å². The summed E-state index contributed by atoms with van der Waals surface area (Å²) in [4.78, 5) is 2.44. The highest BCUT2D eigenvalue weighted by Crippen LogP contribution is 2.29. The Hall–Kier alpha value is -0.350.